The molecular formula is C18H21OP. The van der Waals surface area contributed by atoms with Crippen LogP contribution in [0.25, 0.3) is 0 Å². The second-order valence-electron chi connectivity index (χ2n) is 5.91. The van der Waals surface area contributed by atoms with Crippen LogP contribution < -0.4 is 0 Å². The molecular weight excluding hydrogens is 263 g/mol. The van der Waals surface area contributed by atoms with Gasteiger partial charge in [-0.2, -0.15) is 0 Å². The highest BCUT2D eigenvalue weighted by Crippen LogP contribution is 2.52. The normalized spacial score (nSPS) is 22.0. The third-order valence-corrected chi connectivity index (χ3v) is 7.38. The molecule has 0 fully saturated rings. The molecule has 0 bridgehead atoms. The predicted octanol–water partition coefficient (Wildman–Crippen LogP) is 4.58. The standard InChI is InChI=1S/C18H21OP/c19-20(13-16-7-1-2-8-16,14-17-9-3-4-10-17)15-18-11-5-6-12-18/h1-12,16-18H,13-15H2. The van der Waals surface area contributed by atoms with Crippen LogP contribution in [0.5, 0.6) is 0 Å². The molecule has 3 rings (SSSR count). The molecule has 0 aromatic rings. The Hall–Kier alpha value is -1.33. The summed E-state index contributed by atoms with van der Waals surface area (Å²) >= 11 is 0. The molecule has 3 aliphatic rings. The van der Waals surface area contributed by atoms with E-state index < -0.39 is 7.14 Å². The van der Waals surface area contributed by atoms with Crippen molar-refractivity contribution < 1.29 is 4.57 Å². The molecule has 0 heterocycles. The summed E-state index contributed by atoms with van der Waals surface area (Å²) in [6.07, 6.45) is 27.9. The minimum atomic E-state index is -2.17. The van der Waals surface area contributed by atoms with Gasteiger partial charge in [-0.15, -0.1) is 0 Å². The van der Waals surface area contributed by atoms with Crippen molar-refractivity contribution >= 4 is 7.14 Å². The van der Waals surface area contributed by atoms with Gasteiger partial charge in [-0.3, -0.25) is 0 Å². The van der Waals surface area contributed by atoms with Gasteiger partial charge in [-0.25, -0.2) is 0 Å². The van der Waals surface area contributed by atoms with E-state index in [1.165, 1.54) is 0 Å². The van der Waals surface area contributed by atoms with Crippen LogP contribution in [0.3, 0.4) is 0 Å². The maximum Gasteiger partial charge on any atom is 0.0904 e. The second-order valence-corrected chi connectivity index (χ2v) is 9.12. The van der Waals surface area contributed by atoms with Crippen LogP contribution in [-0.4, -0.2) is 18.5 Å². The molecule has 0 atom stereocenters. The first-order chi connectivity index (χ1) is 9.73. The lowest BCUT2D eigenvalue weighted by molar-refractivity contribution is 0.565. The molecule has 0 radical (unpaired) electrons. The third kappa shape index (κ3) is 3.41. The van der Waals surface area contributed by atoms with Gasteiger partial charge in [0.25, 0.3) is 0 Å². The average Bonchev–Trinajstić information content (AvgIpc) is 3.11. The van der Waals surface area contributed by atoms with Gasteiger partial charge < -0.3 is 4.57 Å². The molecule has 3 aliphatic carbocycles. The van der Waals surface area contributed by atoms with E-state index in [0.29, 0.717) is 17.8 Å². The highest BCUT2D eigenvalue weighted by atomic mass is 31.2. The van der Waals surface area contributed by atoms with Crippen molar-refractivity contribution in [2.24, 2.45) is 17.8 Å². The van der Waals surface area contributed by atoms with Gasteiger partial charge >= 0.3 is 0 Å². The van der Waals surface area contributed by atoms with E-state index in [2.05, 4.69) is 72.9 Å². The van der Waals surface area contributed by atoms with E-state index in [0.717, 1.165) is 18.5 Å². The second kappa shape index (κ2) is 5.97. The van der Waals surface area contributed by atoms with E-state index in [-0.39, 0.29) is 0 Å². The maximum atomic E-state index is 13.5. The first kappa shape index (κ1) is 13.6. The zero-order valence-electron chi connectivity index (χ0n) is 11.6. The molecule has 104 valence electrons. The van der Waals surface area contributed by atoms with Gasteiger partial charge in [0.1, 0.15) is 0 Å². The lowest BCUT2D eigenvalue weighted by Gasteiger charge is -2.24. The lowest BCUT2D eigenvalue weighted by Crippen LogP contribution is -2.13. The van der Waals surface area contributed by atoms with Gasteiger partial charge in [-0.05, 0) is 0 Å². The summed E-state index contributed by atoms with van der Waals surface area (Å²) in [7, 11) is -2.17. The van der Waals surface area contributed by atoms with Crippen molar-refractivity contribution in [3.8, 4) is 0 Å². The van der Waals surface area contributed by atoms with Crippen molar-refractivity contribution in [1.82, 2.24) is 0 Å². The van der Waals surface area contributed by atoms with Crippen molar-refractivity contribution in [2.75, 3.05) is 18.5 Å². The summed E-state index contributed by atoms with van der Waals surface area (Å²) in [4.78, 5) is 0. The van der Waals surface area contributed by atoms with Gasteiger partial charge in [0, 0.05) is 36.2 Å². The molecule has 0 aliphatic heterocycles. The Labute approximate surface area is 121 Å². The van der Waals surface area contributed by atoms with E-state index in [9.17, 15) is 4.57 Å². The topological polar surface area (TPSA) is 17.1 Å². The smallest absolute Gasteiger partial charge is 0.0904 e. The molecule has 0 unspecified atom stereocenters. The highest BCUT2D eigenvalue weighted by molar-refractivity contribution is 7.64. The Kier molecular flexibility index (Phi) is 4.08. The Morgan fingerprint density at radius 3 is 1.05 bits per heavy atom. The first-order valence-electron chi connectivity index (χ1n) is 7.36. The maximum absolute atomic E-state index is 13.5. The molecule has 0 aromatic carbocycles. The molecule has 0 amide bonds. The number of hydrogen-bond acceptors (Lipinski definition) is 1. The number of rotatable bonds is 6. The number of allylic oxidation sites excluding steroid dienone is 12. The van der Waals surface area contributed by atoms with Crippen molar-refractivity contribution in [2.45, 2.75) is 0 Å². The fourth-order valence-corrected chi connectivity index (χ4v) is 6.66. The van der Waals surface area contributed by atoms with E-state index in [1.807, 2.05) is 0 Å². The minimum absolute atomic E-state index is 0.365. The third-order valence-electron chi connectivity index (χ3n) is 4.11. The first-order valence-corrected chi connectivity index (χ1v) is 9.62. The summed E-state index contributed by atoms with van der Waals surface area (Å²) in [5, 5.41) is 0. The Balaban J connectivity index is 1.71. The van der Waals surface area contributed by atoms with Crippen LogP contribution in [0.2, 0.25) is 0 Å². The summed E-state index contributed by atoms with van der Waals surface area (Å²) < 4.78 is 13.5. The zero-order valence-corrected chi connectivity index (χ0v) is 12.5. The molecule has 0 aromatic heterocycles. The van der Waals surface area contributed by atoms with Crippen LogP contribution in [-0.2, 0) is 4.57 Å². The monoisotopic (exact) mass is 284 g/mol. The molecule has 0 N–H and O–H groups in total. The van der Waals surface area contributed by atoms with Gasteiger partial charge in [0.15, 0.2) is 0 Å². The predicted molar refractivity (Wildman–Crippen MR) is 87.5 cm³/mol. The van der Waals surface area contributed by atoms with E-state index >= 15 is 0 Å². The Morgan fingerprint density at radius 1 is 0.550 bits per heavy atom. The summed E-state index contributed by atoms with van der Waals surface area (Å²) in [5.41, 5.74) is 0. The van der Waals surface area contributed by atoms with Crippen LogP contribution >= 0.6 is 7.14 Å². The summed E-state index contributed by atoms with van der Waals surface area (Å²) in [6, 6.07) is 0. The molecule has 20 heavy (non-hydrogen) atoms. The van der Waals surface area contributed by atoms with Crippen LogP contribution in [0.15, 0.2) is 72.9 Å². The van der Waals surface area contributed by atoms with Crippen molar-refractivity contribution in [3.05, 3.63) is 72.9 Å². The lowest BCUT2D eigenvalue weighted by atomic mass is 10.2. The Morgan fingerprint density at radius 2 is 0.800 bits per heavy atom. The molecule has 1 nitrogen and oxygen atoms in total. The quantitative estimate of drug-likeness (QED) is 0.653. The summed E-state index contributed by atoms with van der Waals surface area (Å²) in [6.45, 7) is 0. The zero-order chi connectivity index (χ0) is 13.8. The molecule has 0 saturated carbocycles. The van der Waals surface area contributed by atoms with Crippen LogP contribution in [0.1, 0.15) is 0 Å². The molecule has 0 saturated heterocycles. The minimum Gasteiger partial charge on any atom is -0.323 e. The number of hydrogen-bond donors (Lipinski definition) is 0. The SMILES string of the molecule is O=P(CC1C=CC=C1)(CC1C=CC=C1)CC1C=CC=C1. The van der Waals surface area contributed by atoms with Crippen molar-refractivity contribution in [1.29, 1.82) is 0 Å². The van der Waals surface area contributed by atoms with Gasteiger partial charge in [0.2, 0.25) is 0 Å². The molecule has 2 heteroatoms. The van der Waals surface area contributed by atoms with E-state index in [1.54, 1.807) is 0 Å². The van der Waals surface area contributed by atoms with Gasteiger partial charge in [-0.1, -0.05) is 72.9 Å². The summed E-state index contributed by atoms with van der Waals surface area (Å²) in [5.74, 6) is 1.10. The molecule has 0 spiro atoms. The fourth-order valence-electron chi connectivity index (χ4n) is 3.18. The Bertz CT molecular complexity index is 457. The van der Waals surface area contributed by atoms with Gasteiger partial charge in [0.05, 0.1) is 7.14 Å². The van der Waals surface area contributed by atoms with E-state index in [4.69, 9.17) is 0 Å². The average molecular weight is 284 g/mol. The largest absolute Gasteiger partial charge is 0.323 e. The van der Waals surface area contributed by atoms with Crippen LogP contribution in [0, 0.1) is 17.8 Å². The van der Waals surface area contributed by atoms with Crippen LogP contribution in [0.4, 0.5) is 0 Å². The highest BCUT2D eigenvalue weighted by Gasteiger charge is 2.30. The van der Waals surface area contributed by atoms with Crippen molar-refractivity contribution in [3.63, 3.8) is 0 Å². The fraction of sp³-hybridized carbons (Fsp3) is 0.333.